The Labute approximate surface area is 126 Å². The van der Waals surface area contributed by atoms with Gasteiger partial charge in [0.2, 0.25) is 10.0 Å². The molecule has 1 atom stereocenters. The third kappa shape index (κ3) is 3.85. The maximum atomic E-state index is 12.0. The predicted molar refractivity (Wildman–Crippen MR) is 80.5 cm³/mol. The van der Waals surface area contributed by atoms with E-state index in [2.05, 4.69) is 10.3 Å². The van der Waals surface area contributed by atoms with Gasteiger partial charge in [-0.25, -0.2) is 18.5 Å². The highest BCUT2D eigenvalue weighted by Gasteiger charge is 2.13. The van der Waals surface area contributed by atoms with E-state index in [1.807, 2.05) is 0 Å². The minimum atomic E-state index is -3.74. The molecule has 1 heterocycles. The standard InChI is InChI=1S/C12H14N4O3S2/c1-7(13)12-16-10(6-20-12)11(17)15-8-2-4-9(5-3-8)21(14,18)19/h2-7H,13H2,1H3,(H,15,17)(H2,14,18,19). The van der Waals surface area contributed by atoms with Gasteiger partial charge < -0.3 is 11.1 Å². The fourth-order valence-electron chi connectivity index (χ4n) is 1.52. The maximum Gasteiger partial charge on any atom is 0.275 e. The zero-order chi connectivity index (χ0) is 15.6. The van der Waals surface area contributed by atoms with Crippen molar-refractivity contribution in [1.82, 2.24) is 4.98 Å². The van der Waals surface area contributed by atoms with Gasteiger partial charge in [0.1, 0.15) is 10.7 Å². The van der Waals surface area contributed by atoms with Crippen LogP contribution in [-0.2, 0) is 10.0 Å². The molecule has 7 nitrogen and oxygen atoms in total. The quantitative estimate of drug-likeness (QED) is 0.774. The molecule has 0 saturated carbocycles. The number of carbonyl (C=O) groups is 1. The smallest absolute Gasteiger partial charge is 0.275 e. The zero-order valence-corrected chi connectivity index (χ0v) is 12.7. The lowest BCUT2D eigenvalue weighted by Crippen LogP contribution is -2.14. The largest absolute Gasteiger partial charge is 0.322 e. The molecule has 1 unspecified atom stereocenters. The van der Waals surface area contributed by atoms with E-state index in [4.69, 9.17) is 10.9 Å². The summed E-state index contributed by atoms with van der Waals surface area (Å²) >= 11 is 1.31. The Morgan fingerprint density at radius 3 is 2.43 bits per heavy atom. The number of hydrogen-bond donors (Lipinski definition) is 3. The van der Waals surface area contributed by atoms with E-state index in [1.165, 1.54) is 35.6 Å². The van der Waals surface area contributed by atoms with Crippen LogP contribution in [0.15, 0.2) is 34.5 Å². The SMILES string of the molecule is CC(N)c1nc(C(=O)Nc2ccc(S(N)(=O)=O)cc2)cs1. The molecule has 112 valence electrons. The third-order valence-electron chi connectivity index (χ3n) is 2.58. The summed E-state index contributed by atoms with van der Waals surface area (Å²) in [5, 5.41) is 9.90. The van der Waals surface area contributed by atoms with Crippen molar-refractivity contribution in [1.29, 1.82) is 0 Å². The number of amides is 1. The molecule has 0 saturated heterocycles. The van der Waals surface area contributed by atoms with Gasteiger partial charge in [0, 0.05) is 11.1 Å². The van der Waals surface area contributed by atoms with Crippen molar-refractivity contribution in [3.63, 3.8) is 0 Å². The second-order valence-corrected chi connectivity index (χ2v) is 6.83. The average Bonchev–Trinajstić information content (AvgIpc) is 2.88. The molecule has 2 rings (SSSR count). The Morgan fingerprint density at radius 2 is 1.95 bits per heavy atom. The molecule has 0 fully saturated rings. The zero-order valence-electron chi connectivity index (χ0n) is 11.1. The van der Waals surface area contributed by atoms with Gasteiger partial charge in [0.25, 0.3) is 5.91 Å². The minimum Gasteiger partial charge on any atom is -0.322 e. The van der Waals surface area contributed by atoms with Crippen LogP contribution in [-0.4, -0.2) is 19.3 Å². The first kappa shape index (κ1) is 15.6. The van der Waals surface area contributed by atoms with E-state index in [9.17, 15) is 13.2 Å². The molecule has 0 aliphatic rings. The van der Waals surface area contributed by atoms with Crippen LogP contribution in [0.1, 0.15) is 28.5 Å². The van der Waals surface area contributed by atoms with Crippen LogP contribution in [0.4, 0.5) is 5.69 Å². The number of thiazole rings is 1. The molecule has 0 radical (unpaired) electrons. The van der Waals surface area contributed by atoms with E-state index in [0.717, 1.165) is 0 Å². The Kier molecular flexibility index (Phi) is 4.37. The maximum absolute atomic E-state index is 12.0. The first-order chi connectivity index (χ1) is 9.77. The van der Waals surface area contributed by atoms with Gasteiger partial charge in [-0.15, -0.1) is 11.3 Å². The lowest BCUT2D eigenvalue weighted by molar-refractivity contribution is 0.102. The van der Waals surface area contributed by atoms with Crippen LogP contribution in [0.25, 0.3) is 0 Å². The van der Waals surface area contributed by atoms with E-state index in [0.29, 0.717) is 10.7 Å². The number of aromatic nitrogens is 1. The van der Waals surface area contributed by atoms with Gasteiger partial charge in [0.15, 0.2) is 0 Å². The predicted octanol–water partition coefficient (Wildman–Crippen LogP) is 1.06. The molecular formula is C12H14N4O3S2. The first-order valence-corrected chi connectivity index (χ1v) is 8.35. The monoisotopic (exact) mass is 326 g/mol. The highest BCUT2D eigenvalue weighted by molar-refractivity contribution is 7.89. The summed E-state index contributed by atoms with van der Waals surface area (Å²) < 4.78 is 22.2. The molecule has 21 heavy (non-hydrogen) atoms. The fraction of sp³-hybridized carbons (Fsp3) is 0.167. The lowest BCUT2D eigenvalue weighted by atomic mass is 10.3. The summed E-state index contributed by atoms with van der Waals surface area (Å²) in [6.45, 7) is 1.78. The average molecular weight is 326 g/mol. The van der Waals surface area contributed by atoms with Crippen molar-refractivity contribution >= 4 is 33.0 Å². The summed E-state index contributed by atoms with van der Waals surface area (Å²) in [4.78, 5) is 16.1. The van der Waals surface area contributed by atoms with Crippen molar-refractivity contribution < 1.29 is 13.2 Å². The number of carbonyl (C=O) groups excluding carboxylic acids is 1. The number of benzene rings is 1. The topological polar surface area (TPSA) is 128 Å². The Morgan fingerprint density at radius 1 is 1.33 bits per heavy atom. The summed E-state index contributed by atoms with van der Waals surface area (Å²) in [5.41, 5.74) is 6.40. The number of hydrogen-bond acceptors (Lipinski definition) is 6. The molecule has 0 spiro atoms. The highest BCUT2D eigenvalue weighted by atomic mass is 32.2. The minimum absolute atomic E-state index is 0.0200. The van der Waals surface area contributed by atoms with Crippen LogP contribution >= 0.6 is 11.3 Å². The number of nitrogens with one attached hydrogen (secondary N) is 1. The molecule has 0 aliphatic heterocycles. The van der Waals surface area contributed by atoms with Gasteiger partial charge in [0.05, 0.1) is 10.9 Å². The Bertz CT molecular complexity index is 751. The molecule has 9 heteroatoms. The lowest BCUT2D eigenvalue weighted by Gasteiger charge is -2.04. The van der Waals surface area contributed by atoms with E-state index in [-0.39, 0.29) is 22.5 Å². The van der Waals surface area contributed by atoms with Crippen molar-refractivity contribution in [3.8, 4) is 0 Å². The summed E-state index contributed by atoms with van der Waals surface area (Å²) in [6.07, 6.45) is 0. The van der Waals surface area contributed by atoms with Crippen LogP contribution in [0.2, 0.25) is 0 Å². The highest BCUT2D eigenvalue weighted by Crippen LogP contribution is 2.18. The number of anilines is 1. The van der Waals surface area contributed by atoms with Crippen LogP contribution in [0.3, 0.4) is 0 Å². The van der Waals surface area contributed by atoms with E-state index < -0.39 is 10.0 Å². The van der Waals surface area contributed by atoms with Crippen LogP contribution < -0.4 is 16.2 Å². The Hall–Kier alpha value is -1.81. The normalized spacial score (nSPS) is 12.9. The third-order valence-corrected chi connectivity index (χ3v) is 4.56. The molecule has 1 aromatic heterocycles. The first-order valence-electron chi connectivity index (χ1n) is 5.92. The van der Waals surface area contributed by atoms with Crippen molar-refractivity contribution in [2.24, 2.45) is 10.9 Å². The summed E-state index contributed by atoms with van der Waals surface area (Å²) in [5.74, 6) is -0.387. The van der Waals surface area contributed by atoms with Gasteiger partial charge in [-0.2, -0.15) is 0 Å². The van der Waals surface area contributed by atoms with Crippen LogP contribution in [0.5, 0.6) is 0 Å². The number of primary sulfonamides is 1. The molecule has 2 aromatic rings. The van der Waals surface area contributed by atoms with E-state index in [1.54, 1.807) is 12.3 Å². The number of nitrogens with two attached hydrogens (primary N) is 2. The second-order valence-electron chi connectivity index (χ2n) is 4.38. The summed E-state index contributed by atoms with van der Waals surface area (Å²) in [7, 11) is -3.74. The Balaban J connectivity index is 2.12. The van der Waals surface area contributed by atoms with E-state index >= 15 is 0 Å². The summed E-state index contributed by atoms with van der Waals surface area (Å²) in [6, 6.07) is 5.32. The van der Waals surface area contributed by atoms with Crippen molar-refractivity contribution in [2.45, 2.75) is 17.9 Å². The molecule has 1 aromatic carbocycles. The number of nitrogens with zero attached hydrogens (tertiary/aromatic N) is 1. The fourth-order valence-corrected chi connectivity index (χ4v) is 2.80. The van der Waals surface area contributed by atoms with Gasteiger partial charge >= 0.3 is 0 Å². The number of sulfonamides is 1. The molecule has 5 N–H and O–H groups in total. The second kappa shape index (κ2) is 5.90. The van der Waals surface area contributed by atoms with Crippen molar-refractivity contribution in [2.75, 3.05) is 5.32 Å². The molecule has 0 aliphatic carbocycles. The van der Waals surface area contributed by atoms with Gasteiger partial charge in [-0.05, 0) is 31.2 Å². The molecule has 0 bridgehead atoms. The van der Waals surface area contributed by atoms with Gasteiger partial charge in [-0.1, -0.05) is 0 Å². The van der Waals surface area contributed by atoms with Gasteiger partial charge in [-0.3, -0.25) is 4.79 Å². The molecular weight excluding hydrogens is 312 g/mol. The molecule has 1 amide bonds. The van der Waals surface area contributed by atoms with Crippen molar-refractivity contribution in [3.05, 3.63) is 40.3 Å². The van der Waals surface area contributed by atoms with Crippen LogP contribution in [0, 0.1) is 0 Å². The number of rotatable bonds is 4.